The Hall–Kier alpha value is -0.120. The van der Waals surface area contributed by atoms with E-state index in [0.717, 1.165) is 6.61 Å². The van der Waals surface area contributed by atoms with Crippen LogP contribution < -0.4 is 0 Å². The van der Waals surface area contributed by atoms with Gasteiger partial charge < -0.3 is 14.5 Å². The standard InChI is InChI=1S/C17H36N2O/c1-16(2,3)7-9-18-11-13-19(14-12-18)10-8-17(4,5)15-20-6/h7-15H2,1-6H3. The van der Waals surface area contributed by atoms with E-state index in [0.29, 0.717) is 10.8 Å². The fraction of sp³-hybridized carbons (Fsp3) is 1.00. The second kappa shape index (κ2) is 7.77. The predicted octanol–water partition coefficient (Wildman–Crippen LogP) is 3.10. The average molecular weight is 284 g/mol. The fourth-order valence-electron chi connectivity index (χ4n) is 2.65. The number of methoxy groups -OCH3 is 1. The maximum Gasteiger partial charge on any atom is 0.0513 e. The first-order valence-corrected chi connectivity index (χ1v) is 8.15. The minimum Gasteiger partial charge on any atom is -0.384 e. The van der Waals surface area contributed by atoms with Crippen LogP contribution in [0.4, 0.5) is 0 Å². The van der Waals surface area contributed by atoms with Gasteiger partial charge in [-0.2, -0.15) is 0 Å². The van der Waals surface area contributed by atoms with Crippen LogP contribution in [0.3, 0.4) is 0 Å². The lowest BCUT2D eigenvalue weighted by atomic mass is 9.90. The van der Waals surface area contributed by atoms with Gasteiger partial charge in [-0.3, -0.25) is 0 Å². The summed E-state index contributed by atoms with van der Waals surface area (Å²) in [5.41, 5.74) is 0.763. The van der Waals surface area contributed by atoms with Crippen LogP contribution in [0, 0.1) is 10.8 Å². The molecule has 3 nitrogen and oxygen atoms in total. The molecule has 1 heterocycles. The van der Waals surface area contributed by atoms with E-state index in [1.165, 1.54) is 52.1 Å². The maximum absolute atomic E-state index is 5.30. The number of ether oxygens (including phenoxy) is 1. The van der Waals surface area contributed by atoms with E-state index >= 15 is 0 Å². The molecule has 1 aliphatic heterocycles. The monoisotopic (exact) mass is 284 g/mol. The first-order chi connectivity index (χ1) is 9.22. The Morgan fingerprint density at radius 1 is 0.800 bits per heavy atom. The van der Waals surface area contributed by atoms with Crippen molar-refractivity contribution in [3.05, 3.63) is 0 Å². The van der Waals surface area contributed by atoms with Crippen molar-refractivity contribution in [1.29, 1.82) is 0 Å². The zero-order valence-electron chi connectivity index (χ0n) is 14.7. The molecular formula is C17H36N2O. The van der Waals surface area contributed by atoms with Gasteiger partial charge in [0.05, 0.1) is 6.61 Å². The van der Waals surface area contributed by atoms with Gasteiger partial charge in [-0.1, -0.05) is 34.6 Å². The van der Waals surface area contributed by atoms with Crippen molar-refractivity contribution in [2.24, 2.45) is 10.8 Å². The van der Waals surface area contributed by atoms with Gasteiger partial charge in [-0.15, -0.1) is 0 Å². The molecule has 1 aliphatic rings. The minimum atomic E-state index is 0.304. The van der Waals surface area contributed by atoms with Crippen LogP contribution in [0.15, 0.2) is 0 Å². The highest BCUT2D eigenvalue weighted by Crippen LogP contribution is 2.22. The van der Waals surface area contributed by atoms with Crippen molar-refractivity contribution in [2.45, 2.75) is 47.5 Å². The second-order valence-corrected chi connectivity index (χ2v) is 8.34. The maximum atomic E-state index is 5.30. The third-order valence-electron chi connectivity index (χ3n) is 4.28. The van der Waals surface area contributed by atoms with E-state index in [1.54, 1.807) is 7.11 Å². The zero-order chi connectivity index (χ0) is 15.2. The van der Waals surface area contributed by atoms with E-state index in [2.05, 4.69) is 44.4 Å². The van der Waals surface area contributed by atoms with E-state index in [1.807, 2.05) is 0 Å². The van der Waals surface area contributed by atoms with Gasteiger partial charge in [-0.25, -0.2) is 0 Å². The normalized spacial score (nSPS) is 19.5. The summed E-state index contributed by atoms with van der Waals surface area (Å²) in [4.78, 5) is 5.24. The van der Waals surface area contributed by atoms with Crippen molar-refractivity contribution in [1.82, 2.24) is 9.80 Å². The summed E-state index contributed by atoms with van der Waals surface area (Å²) in [6.07, 6.45) is 2.52. The Bertz CT molecular complexity index is 263. The van der Waals surface area contributed by atoms with Gasteiger partial charge in [0.25, 0.3) is 0 Å². The van der Waals surface area contributed by atoms with Crippen molar-refractivity contribution in [3.63, 3.8) is 0 Å². The summed E-state index contributed by atoms with van der Waals surface area (Å²) in [5.74, 6) is 0. The highest BCUT2D eigenvalue weighted by molar-refractivity contribution is 4.76. The predicted molar refractivity (Wildman–Crippen MR) is 87.2 cm³/mol. The summed E-state index contributed by atoms with van der Waals surface area (Å²) < 4.78 is 5.30. The summed E-state index contributed by atoms with van der Waals surface area (Å²) in [6.45, 7) is 19.9. The van der Waals surface area contributed by atoms with Crippen LogP contribution in [0.5, 0.6) is 0 Å². The first kappa shape index (κ1) is 17.9. The lowest BCUT2D eigenvalue weighted by Crippen LogP contribution is -2.47. The largest absolute Gasteiger partial charge is 0.384 e. The molecule has 0 radical (unpaired) electrons. The molecule has 0 spiro atoms. The number of hydrogen-bond donors (Lipinski definition) is 0. The molecule has 0 aliphatic carbocycles. The van der Waals surface area contributed by atoms with Crippen LogP contribution in [-0.2, 0) is 4.74 Å². The van der Waals surface area contributed by atoms with E-state index in [9.17, 15) is 0 Å². The van der Waals surface area contributed by atoms with Gasteiger partial charge in [0, 0.05) is 33.3 Å². The molecule has 0 aromatic heterocycles. The van der Waals surface area contributed by atoms with E-state index in [-0.39, 0.29) is 0 Å². The molecular weight excluding hydrogens is 248 g/mol. The minimum absolute atomic E-state index is 0.304. The van der Waals surface area contributed by atoms with E-state index in [4.69, 9.17) is 4.74 Å². The van der Waals surface area contributed by atoms with Crippen molar-refractivity contribution in [3.8, 4) is 0 Å². The van der Waals surface area contributed by atoms with Crippen LogP contribution >= 0.6 is 0 Å². The Balaban J connectivity index is 2.19. The van der Waals surface area contributed by atoms with Crippen LogP contribution in [0.2, 0.25) is 0 Å². The number of hydrogen-bond acceptors (Lipinski definition) is 3. The smallest absolute Gasteiger partial charge is 0.0513 e. The molecule has 120 valence electrons. The highest BCUT2D eigenvalue weighted by Gasteiger charge is 2.22. The molecule has 20 heavy (non-hydrogen) atoms. The quantitative estimate of drug-likeness (QED) is 0.714. The molecule has 0 amide bonds. The number of rotatable bonds is 7. The summed E-state index contributed by atoms with van der Waals surface area (Å²) in [7, 11) is 1.80. The summed E-state index contributed by atoms with van der Waals surface area (Å²) >= 11 is 0. The van der Waals surface area contributed by atoms with Gasteiger partial charge in [-0.05, 0) is 36.8 Å². The topological polar surface area (TPSA) is 15.7 Å². The van der Waals surface area contributed by atoms with Crippen molar-refractivity contribution in [2.75, 3.05) is 53.0 Å². The third kappa shape index (κ3) is 7.61. The van der Waals surface area contributed by atoms with Gasteiger partial charge in [0.15, 0.2) is 0 Å². The summed E-state index contributed by atoms with van der Waals surface area (Å²) in [6, 6.07) is 0. The Morgan fingerprint density at radius 2 is 1.25 bits per heavy atom. The van der Waals surface area contributed by atoms with Crippen molar-refractivity contribution >= 4 is 0 Å². The molecule has 0 saturated carbocycles. The zero-order valence-corrected chi connectivity index (χ0v) is 14.7. The van der Waals surface area contributed by atoms with Gasteiger partial charge >= 0.3 is 0 Å². The van der Waals surface area contributed by atoms with E-state index < -0.39 is 0 Å². The van der Waals surface area contributed by atoms with Crippen molar-refractivity contribution < 1.29 is 4.74 Å². The molecule has 1 saturated heterocycles. The average Bonchev–Trinajstić information content (AvgIpc) is 2.34. The highest BCUT2D eigenvalue weighted by atomic mass is 16.5. The van der Waals surface area contributed by atoms with Crippen LogP contribution in [0.25, 0.3) is 0 Å². The molecule has 0 aromatic rings. The third-order valence-corrected chi connectivity index (χ3v) is 4.28. The lowest BCUT2D eigenvalue weighted by Gasteiger charge is -2.37. The Kier molecular flexibility index (Phi) is 6.96. The molecule has 0 atom stereocenters. The lowest BCUT2D eigenvalue weighted by molar-refractivity contribution is 0.0727. The fourth-order valence-corrected chi connectivity index (χ4v) is 2.65. The molecule has 1 fully saturated rings. The molecule has 1 rings (SSSR count). The van der Waals surface area contributed by atoms with Gasteiger partial charge in [0.1, 0.15) is 0 Å². The SMILES string of the molecule is COCC(C)(C)CCN1CCN(CCC(C)(C)C)CC1. The number of nitrogens with zero attached hydrogens (tertiary/aromatic N) is 2. The summed E-state index contributed by atoms with van der Waals surface area (Å²) in [5, 5.41) is 0. The number of piperazine rings is 1. The molecule has 0 N–H and O–H groups in total. The Labute approximate surface area is 126 Å². The van der Waals surface area contributed by atoms with Gasteiger partial charge in [0.2, 0.25) is 0 Å². The molecule has 0 bridgehead atoms. The first-order valence-electron chi connectivity index (χ1n) is 8.15. The molecule has 0 aromatic carbocycles. The van der Waals surface area contributed by atoms with Crippen LogP contribution in [-0.4, -0.2) is 62.8 Å². The molecule has 3 heteroatoms. The molecule has 0 unspecified atom stereocenters. The Morgan fingerprint density at radius 3 is 1.65 bits per heavy atom. The second-order valence-electron chi connectivity index (χ2n) is 8.34. The van der Waals surface area contributed by atoms with Crippen LogP contribution in [0.1, 0.15) is 47.5 Å².